The average Bonchev–Trinajstić information content (AvgIpc) is 2.81. The van der Waals surface area contributed by atoms with Crippen LogP contribution >= 0.6 is 0 Å². The molecule has 0 aliphatic rings. The minimum Gasteiger partial charge on any atom is -0.482 e. The Balaban J connectivity index is 1.95. The van der Waals surface area contributed by atoms with Crippen molar-refractivity contribution in [3.63, 3.8) is 0 Å². The molecule has 0 unspecified atom stereocenters. The summed E-state index contributed by atoms with van der Waals surface area (Å²) in [6.45, 7) is 2.79. The van der Waals surface area contributed by atoms with Gasteiger partial charge in [0.1, 0.15) is 5.75 Å². The zero-order chi connectivity index (χ0) is 24.4. The minimum absolute atomic E-state index is 0.0886. The van der Waals surface area contributed by atoms with Gasteiger partial charge in [-0.1, -0.05) is 17.3 Å². The van der Waals surface area contributed by atoms with Gasteiger partial charge in [0.25, 0.3) is 5.91 Å². The predicted octanol–water partition coefficient (Wildman–Crippen LogP) is 1.94. The summed E-state index contributed by atoms with van der Waals surface area (Å²) in [5.74, 6) is -1.71. The van der Waals surface area contributed by atoms with Crippen LogP contribution in [-0.2, 0) is 14.4 Å². The lowest BCUT2D eigenvalue weighted by molar-refractivity contribution is -0.139. The van der Waals surface area contributed by atoms with E-state index in [2.05, 4.69) is 20.0 Å². The maximum Gasteiger partial charge on any atom is 0.535 e. The molecular formula is C22H23N3O8. The summed E-state index contributed by atoms with van der Waals surface area (Å²) in [6, 6.07) is 11.0. The highest BCUT2D eigenvalue weighted by Gasteiger charge is 2.18. The zero-order valence-corrected chi connectivity index (χ0v) is 17.9. The summed E-state index contributed by atoms with van der Waals surface area (Å²) < 4.78 is 9.58. The lowest BCUT2D eigenvalue weighted by atomic mass is 10.0. The van der Waals surface area contributed by atoms with E-state index in [1.165, 1.54) is 48.5 Å². The van der Waals surface area contributed by atoms with Crippen molar-refractivity contribution in [3.05, 3.63) is 65.2 Å². The summed E-state index contributed by atoms with van der Waals surface area (Å²) in [5, 5.41) is 14.7. The topological polar surface area (TPSA) is 167 Å². The summed E-state index contributed by atoms with van der Waals surface area (Å²) in [6.07, 6.45) is -0.988. The highest BCUT2D eigenvalue weighted by atomic mass is 16.8. The molecule has 11 heteroatoms. The molecule has 2 aromatic carbocycles. The number of oxime groups is 1. The Morgan fingerprint density at radius 1 is 1.00 bits per heavy atom. The molecule has 4 N–H and O–H groups in total. The first-order valence-corrected chi connectivity index (χ1v) is 9.78. The van der Waals surface area contributed by atoms with Crippen LogP contribution in [0.3, 0.4) is 0 Å². The van der Waals surface area contributed by atoms with Gasteiger partial charge < -0.3 is 25.6 Å². The quantitative estimate of drug-likeness (QED) is 0.121. The number of amidine groups is 1. The van der Waals surface area contributed by atoms with E-state index in [-0.39, 0.29) is 23.8 Å². The van der Waals surface area contributed by atoms with Crippen LogP contribution in [0.4, 0.5) is 4.79 Å². The molecule has 0 aromatic heterocycles. The van der Waals surface area contributed by atoms with Gasteiger partial charge in [0, 0.05) is 16.7 Å². The fourth-order valence-electron chi connectivity index (χ4n) is 2.53. The summed E-state index contributed by atoms with van der Waals surface area (Å²) in [5.41, 5.74) is 6.73. The van der Waals surface area contributed by atoms with E-state index in [4.69, 9.17) is 15.6 Å². The van der Waals surface area contributed by atoms with Gasteiger partial charge >= 0.3 is 12.1 Å². The van der Waals surface area contributed by atoms with Crippen molar-refractivity contribution in [2.75, 3.05) is 13.2 Å². The second-order valence-electron chi connectivity index (χ2n) is 6.59. The van der Waals surface area contributed by atoms with Gasteiger partial charge in [-0.15, -0.1) is 0 Å². The first kappa shape index (κ1) is 24.9. The van der Waals surface area contributed by atoms with Crippen LogP contribution < -0.4 is 15.8 Å². The molecule has 2 aromatic rings. The Morgan fingerprint density at radius 2 is 1.58 bits per heavy atom. The van der Waals surface area contributed by atoms with E-state index in [0.717, 1.165) is 0 Å². The molecule has 33 heavy (non-hydrogen) atoms. The molecule has 0 saturated heterocycles. The largest absolute Gasteiger partial charge is 0.535 e. The van der Waals surface area contributed by atoms with Crippen LogP contribution in [0, 0.1) is 0 Å². The summed E-state index contributed by atoms with van der Waals surface area (Å²) in [4.78, 5) is 51.2. The molecule has 2 rings (SSSR count). The standard InChI is InChI=1S/C22H23N3O8/c1-3-31-22(30)33-25-20(23)15-4-6-16(7-5-15)21(29)24-13(2)19(28)14-8-10-17(11-9-14)32-12-18(26)27/h4-11,13H,3,12H2,1-2H3,(H2,23,25)(H,24,29)(H,26,27)/t13-/m1/s1. The molecule has 1 atom stereocenters. The van der Waals surface area contributed by atoms with Crippen LogP contribution in [0.2, 0.25) is 0 Å². The van der Waals surface area contributed by atoms with E-state index in [0.29, 0.717) is 16.9 Å². The molecule has 0 aliphatic carbocycles. The number of nitrogens with one attached hydrogen (secondary N) is 1. The van der Waals surface area contributed by atoms with Gasteiger partial charge in [0.05, 0.1) is 12.6 Å². The van der Waals surface area contributed by atoms with E-state index >= 15 is 0 Å². The number of nitrogens with zero attached hydrogens (tertiary/aromatic N) is 1. The van der Waals surface area contributed by atoms with E-state index < -0.39 is 30.7 Å². The molecular weight excluding hydrogens is 434 g/mol. The van der Waals surface area contributed by atoms with Crippen molar-refractivity contribution in [1.82, 2.24) is 5.32 Å². The molecule has 174 valence electrons. The number of carboxylic acids is 1. The van der Waals surface area contributed by atoms with Crippen LogP contribution in [0.25, 0.3) is 0 Å². The normalized spacial score (nSPS) is 11.8. The Kier molecular flexibility index (Phi) is 8.92. The molecule has 0 fully saturated rings. The van der Waals surface area contributed by atoms with Crippen LogP contribution in [0.5, 0.6) is 5.75 Å². The minimum atomic E-state index is -1.11. The number of Topliss-reactive ketones (excluding diaryl/α,β-unsaturated/α-hetero) is 1. The highest BCUT2D eigenvalue weighted by molar-refractivity contribution is 6.04. The van der Waals surface area contributed by atoms with Crippen LogP contribution in [-0.4, -0.2) is 54.0 Å². The van der Waals surface area contributed by atoms with Gasteiger partial charge in [-0.2, -0.15) is 0 Å². The van der Waals surface area contributed by atoms with Gasteiger partial charge in [0.15, 0.2) is 18.2 Å². The fourth-order valence-corrected chi connectivity index (χ4v) is 2.53. The van der Waals surface area contributed by atoms with Crippen molar-refractivity contribution in [3.8, 4) is 5.75 Å². The van der Waals surface area contributed by atoms with Gasteiger partial charge in [0.2, 0.25) is 0 Å². The Hall–Kier alpha value is -4.41. The lowest BCUT2D eigenvalue weighted by Gasteiger charge is -2.13. The number of ketones is 1. The van der Waals surface area contributed by atoms with Crippen LogP contribution in [0.15, 0.2) is 53.7 Å². The first-order chi connectivity index (χ1) is 15.7. The number of hydrogen-bond donors (Lipinski definition) is 3. The number of ether oxygens (including phenoxy) is 2. The van der Waals surface area contributed by atoms with Crippen molar-refractivity contribution in [2.24, 2.45) is 10.9 Å². The Morgan fingerprint density at radius 3 is 2.15 bits per heavy atom. The second kappa shape index (κ2) is 11.8. The molecule has 0 aliphatic heterocycles. The maximum absolute atomic E-state index is 12.6. The van der Waals surface area contributed by atoms with E-state index in [1.54, 1.807) is 13.8 Å². The first-order valence-electron chi connectivity index (χ1n) is 9.78. The van der Waals surface area contributed by atoms with Crippen molar-refractivity contribution in [2.45, 2.75) is 19.9 Å². The smallest absolute Gasteiger partial charge is 0.482 e. The Labute approximate surface area is 189 Å². The van der Waals surface area contributed by atoms with Gasteiger partial charge in [-0.3, -0.25) is 14.4 Å². The number of hydrogen-bond acceptors (Lipinski definition) is 8. The molecule has 0 bridgehead atoms. The summed E-state index contributed by atoms with van der Waals surface area (Å²) >= 11 is 0. The third kappa shape index (κ3) is 7.65. The molecule has 0 heterocycles. The number of nitrogens with two attached hydrogens (primary N) is 1. The number of rotatable bonds is 10. The number of amides is 1. The molecule has 0 spiro atoms. The third-order valence-electron chi connectivity index (χ3n) is 4.17. The van der Waals surface area contributed by atoms with Crippen molar-refractivity contribution in [1.29, 1.82) is 0 Å². The highest BCUT2D eigenvalue weighted by Crippen LogP contribution is 2.14. The maximum atomic E-state index is 12.6. The number of aliphatic carboxylic acids is 1. The molecule has 0 radical (unpaired) electrons. The summed E-state index contributed by atoms with van der Waals surface area (Å²) in [7, 11) is 0. The van der Waals surface area contributed by atoms with Crippen molar-refractivity contribution < 1.29 is 38.6 Å². The predicted molar refractivity (Wildman–Crippen MR) is 116 cm³/mol. The number of carbonyl (C=O) groups is 4. The van der Waals surface area contributed by atoms with Gasteiger partial charge in [-0.05, 0) is 50.2 Å². The fraction of sp³-hybridized carbons (Fsp3) is 0.227. The molecule has 1 amide bonds. The monoisotopic (exact) mass is 457 g/mol. The molecule has 11 nitrogen and oxygen atoms in total. The second-order valence-corrected chi connectivity index (χ2v) is 6.59. The SMILES string of the molecule is CCOC(=O)O/N=C(\N)c1ccc(C(=O)N[C@H](C)C(=O)c2ccc(OCC(=O)O)cc2)cc1. The Bertz CT molecular complexity index is 1030. The van der Waals surface area contributed by atoms with Crippen LogP contribution in [0.1, 0.15) is 40.1 Å². The van der Waals surface area contributed by atoms with Gasteiger partial charge in [-0.25, -0.2) is 9.59 Å². The van der Waals surface area contributed by atoms with E-state index in [1.807, 2.05) is 0 Å². The number of carbonyl (C=O) groups excluding carboxylic acids is 3. The van der Waals surface area contributed by atoms with E-state index in [9.17, 15) is 19.2 Å². The third-order valence-corrected chi connectivity index (χ3v) is 4.17. The lowest BCUT2D eigenvalue weighted by Crippen LogP contribution is -2.38. The number of benzene rings is 2. The van der Waals surface area contributed by atoms with Crippen molar-refractivity contribution >= 4 is 29.7 Å². The molecule has 0 saturated carbocycles. The number of carboxylic acid groups (broad SMARTS) is 1. The zero-order valence-electron chi connectivity index (χ0n) is 17.9. The average molecular weight is 457 g/mol.